The summed E-state index contributed by atoms with van der Waals surface area (Å²) in [6.07, 6.45) is 12.3. The molecule has 0 aromatic rings. The maximum absolute atomic E-state index is 5.57. The maximum atomic E-state index is 5.57. The second kappa shape index (κ2) is 8.60. The Hall–Kier alpha value is -0.530. The highest BCUT2D eigenvalue weighted by Crippen LogP contribution is 2.10. The van der Waals surface area contributed by atoms with E-state index in [4.69, 9.17) is 4.74 Å². The number of rotatable bonds is 9. The molecule has 0 aromatic heterocycles. The van der Waals surface area contributed by atoms with Gasteiger partial charge in [-0.1, -0.05) is 51.9 Å². The minimum Gasteiger partial charge on any atom is -0.441 e. The molecule has 0 atom stereocenters. The Kier molecular flexibility index (Phi) is 7.28. The minimum absolute atomic E-state index is 0.892. The summed E-state index contributed by atoms with van der Waals surface area (Å²) in [5.74, 6) is 1.21. The van der Waals surface area contributed by atoms with Crippen LogP contribution in [0.4, 0.5) is 0 Å². The van der Waals surface area contributed by atoms with Crippen molar-refractivity contribution in [2.45, 2.75) is 64.7 Å². The van der Waals surface area contributed by atoms with Crippen molar-refractivity contribution in [3.63, 3.8) is 0 Å². The molecule has 0 aliphatic carbocycles. The molecule has 0 saturated heterocycles. The molecule has 1 heterocycles. The SMILES string of the molecule is CCCCCCCCCCC1=[N+](C)CCO1. The van der Waals surface area contributed by atoms with Crippen molar-refractivity contribution < 1.29 is 9.31 Å². The van der Waals surface area contributed by atoms with Gasteiger partial charge in [0, 0.05) is 0 Å². The van der Waals surface area contributed by atoms with E-state index in [1.807, 2.05) is 0 Å². The van der Waals surface area contributed by atoms with Gasteiger partial charge in [-0.3, -0.25) is 0 Å². The highest BCUT2D eigenvalue weighted by molar-refractivity contribution is 5.71. The molecule has 1 rings (SSSR count). The summed E-state index contributed by atoms with van der Waals surface area (Å²) in [6, 6.07) is 0. The van der Waals surface area contributed by atoms with Gasteiger partial charge in [0.2, 0.25) is 0 Å². The van der Waals surface area contributed by atoms with Crippen LogP contribution in [0.25, 0.3) is 0 Å². The Labute approximate surface area is 101 Å². The van der Waals surface area contributed by atoms with E-state index in [0.29, 0.717) is 0 Å². The molecule has 1 aliphatic rings. The first kappa shape index (κ1) is 13.5. The third kappa shape index (κ3) is 5.53. The quantitative estimate of drug-likeness (QED) is 0.432. The van der Waals surface area contributed by atoms with Crippen LogP contribution in [0.1, 0.15) is 64.7 Å². The first-order chi connectivity index (χ1) is 7.84. The van der Waals surface area contributed by atoms with Gasteiger partial charge in [-0.15, -0.1) is 0 Å². The van der Waals surface area contributed by atoms with Crippen molar-refractivity contribution in [3.05, 3.63) is 0 Å². The monoisotopic (exact) mass is 226 g/mol. The van der Waals surface area contributed by atoms with Crippen LogP contribution in [0.15, 0.2) is 0 Å². The van der Waals surface area contributed by atoms with Crippen LogP contribution >= 0.6 is 0 Å². The van der Waals surface area contributed by atoms with E-state index in [2.05, 4.69) is 18.5 Å². The molecule has 1 aliphatic heterocycles. The fourth-order valence-corrected chi connectivity index (χ4v) is 2.21. The molecule has 0 amide bonds. The molecule has 0 spiro atoms. The molecule has 2 heteroatoms. The molecule has 0 radical (unpaired) electrons. The van der Waals surface area contributed by atoms with Crippen LogP contribution in [0, 0.1) is 0 Å². The summed E-state index contributed by atoms with van der Waals surface area (Å²) in [5, 5.41) is 0. The lowest BCUT2D eigenvalue weighted by Crippen LogP contribution is -2.10. The van der Waals surface area contributed by atoms with E-state index in [1.165, 1.54) is 57.3 Å². The Bertz CT molecular complexity index is 211. The van der Waals surface area contributed by atoms with E-state index >= 15 is 0 Å². The molecule has 2 nitrogen and oxygen atoms in total. The molecule has 0 aromatic carbocycles. The number of hydrogen-bond donors (Lipinski definition) is 0. The molecule has 94 valence electrons. The number of nitrogens with zero attached hydrogens (tertiary/aromatic N) is 1. The zero-order valence-electron chi connectivity index (χ0n) is 11.1. The molecule has 0 saturated carbocycles. The third-order valence-corrected chi connectivity index (χ3v) is 3.37. The smallest absolute Gasteiger partial charge is 0.336 e. The zero-order valence-corrected chi connectivity index (χ0v) is 11.1. The van der Waals surface area contributed by atoms with Crippen LogP contribution in [0.2, 0.25) is 0 Å². The first-order valence-corrected chi connectivity index (χ1v) is 7.04. The second-order valence-corrected chi connectivity index (χ2v) is 4.89. The number of unbranched alkanes of at least 4 members (excludes halogenated alkanes) is 7. The number of hydrogen-bond acceptors (Lipinski definition) is 1. The molecule has 0 N–H and O–H groups in total. The van der Waals surface area contributed by atoms with Crippen molar-refractivity contribution in [3.8, 4) is 0 Å². The summed E-state index contributed by atoms with van der Waals surface area (Å²) in [5.41, 5.74) is 0. The van der Waals surface area contributed by atoms with Gasteiger partial charge in [-0.25, -0.2) is 4.58 Å². The average Bonchev–Trinajstić information content (AvgIpc) is 2.68. The molecule has 0 fully saturated rings. The Morgan fingerprint density at radius 2 is 1.62 bits per heavy atom. The van der Waals surface area contributed by atoms with Gasteiger partial charge in [0.25, 0.3) is 0 Å². The van der Waals surface area contributed by atoms with Crippen LogP contribution in [0.3, 0.4) is 0 Å². The predicted octanol–water partition coefficient (Wildman–Crippen LogP) is 3.59. The standard InChI is InChI=1S/C14H28NO/c1-3-4-5-6-7-8-9-10-11-14-15(2)12-13-16-14/h3-13H2,1-2H3/q+1. The highest BCUT2D eigenvalue weighted by Gasteiger charge is 2.18. The summed E-state index contributed by atoms with van der Waals surface area (Å²) in [7, 11) is 2.13. The molecule has 0 unspecified atom stereocenters. The van der Waals surface area contributed by atoms with Gasteiger partial charge < -0.3 is 4.74 Å². The van der Waals surface area contributed by atoms with Gasteiger partial charge in [0.1, 0.15) is 7.05 Å². The first-order valence-electron chi connectivity index (χ1n) is 7.04. The van der Waals surface area contributed by atoms with E-state index in [1.54, 1.807) is 0 Å². The van der Waals surface area contributed by atoms with Crippen LogP contribution in [-0.4, -0.2) is 30.7 Å². The molecular weight excluding hydrogens is 198 g/mol. The maximum Gasteiger partial charge on any atom is 0.336 e. The molecular formula is C14H28NO+. The summed E-state index contributed by atoms with van der Waals surface area (Å²) in [4.78, 5) is 0. The lowest BCUT2D eigenvalue weighted by Gasteiger charge is -2.00. The Morgan fingerprint density at radius 1 is 1.00 bits per heavy atom. The summed E-state index contributed by atoms with van der Waals surface area (Å²) in [6.45, 7) is 4.24. The second-order valence-electron chi connectivity index (χ2n) is 4.89. The van der Waals surface area contributed by atoms with Gasteiger partial charge in [-0.2, -0.15) is 0 Å². The number of likely N-dealkylation sites (N-methyl/N-ethyl adjacent to an activating group) is 1. The van der Waals surface area contributed by atoms with E-state index in [9.17, 15) is 0 Å². The largest absolute Gasteiger partial charge is 0.441 e. The van der Waals surface area contributed by atoms with Crippen molar-refractivity contribution in [1.82, 2.24) is 0 Å². The predicted molar refractivity (Wildman–Crippen MR) is 69.2 cm³/mol. The number of ether oxygens (including phenoxy) is 1. The van der Waals surface area contributed by atoms with Gasteiger partial charge in [0.05, 0.1) is 6.42 Å². The summed E-state index contributed by atoms with van der Waals surface area (Å²) >= 11 is 0. The summed E-state index contributed by atoms with van der Waals surface area (Å²) < 4.78 is 7.82. The van der Waals surface area contributed by atoms with E-state index in [0.717, 1.165) is 19.6 Å². The Balaban J connectivity index is 1.86. The lowest BCUT2D eigenvalue weighted by atomic mass is 10.1. The van der Waals surface area contributed by atoms with Gasteiger partial charge in [0.15, 0.2) is 13.2 Å². The van der Waals surface area contributed by atoms with Crippen molar-refractivity contribution >= 4 is 5.90 Å². The zero-order chi connectivity index (χ0) is 11.6. The van der Waals surface area contributed by atoms with E-state index in [-0.39, 0.29) is 0 Å². The lowest BCUT2D eigenvalue weighted by molar-refractivity contribution is -0.488. The topological polar surface area (TPSA) is 12.2 Å². The van der Waals surface area contributed by atoms with Gasteiger partial charge in [-0.05, 0) is 6.42 Å². The fraction of sp³-hybridized carbons (Fsp3) is 0.929. The van der Waals surface area contributed by atoms with Crippen molar-refractivity contribution in [2.75, 3.05) is 20.2 Å². The molecule has 0 bridgehead atoms. The Morgan fingerprint density at radius 3 is 2.19 bits per heavy atom. The van der Waals surface area contributed by atoms with Crippen LogP contribution in [0.5, 0.6) is 0 Å². The third-order valence-electron chi connectivity index (χ3n) is 3.37. The normalized spacial score (nSPS) is 15.6. The van der Waals surface area contributed by atoms with Crippen molar-refractivity contribution in [1.29, 1.82) is 0 Å². The van der Waals surface area contributed by atoms with Crippen LogP contribution in [-0.2, 0) is 4.74 Å². The highest BCUT2D eigenvalue weighted by atomic mass is 16.5. The van der Waals surface area contributed by atoms with Gasteiger partial charge >= 0.3 is 5.90 Å². The fourth-order valence-electron chi connectivity index (χ4n) is 2.21. The van der Waals surface area contributed by atoms with Crippen molar-refractivity contribution in [2.24, 2.45) is 0 Å². The molecule has 16 heavy (non-hydrogen) atoms. The minimum atomic E-state index is 0.892. The average molecular weight is 226 g/mol. The van der Waals surface area contributed by atoms with Crippen LogP contribution < -0.4 is 0 Å². The van der Waals surface area contributed by atoms with E-state index < -0.39 is 0 Å².